The maximum absolute atomic E-state index is 12.9. The van der Waals surface area contributed by atoms with E-state index in [0.717, 1.165) is 31.5 Å². The normalized spacial score (nSPS) is 17.0. The third-order valence-corrected chi connectivity index (χ3v) is 4.97. The number of nitrogens with zero attached hydrogens (tertiary/aromatic N) is 3. The fourth-order valence-electron chi connectivity index (χ4n) is 3.27. The molecule has 0 aliphatic carbocycles. The number of likely N-dealkylation sites (tertiary alicyclic amines) is 1. The first-order valence-corrected chi connectivity index (χ1v) is 9.23. The number of anilines is 2. The molecule has 1 aromatic heterocycles. The molecule has 1 atom stereocenters. The second-order valence-electron chi connectivity index (χ2n) is 6.32. The average molecular weight is 375 g/mol. The lowest BCUT2D eigenvalue weighted by Gasteiger charge is -2.35. The van der Waals surface area contributed by atoms with E-state index in [-0.39, 0.29) is 5.91 Å². The van der Waals surface area contributed by atoms with Crippen LogP contribution in [0.2, 0.25) is 5.02 Å². The van der Waals surface area contributed by atoms with Gasteiger partial charge in [0, 0.05) is 24.3 Å². The molecule has 1 aliphatic heterocycles. The van der Waals surface area contributed by atoms with Gasteiger partial charge in [-0.25, -0.2) is 9.97 Å². The van der Waals surface area contributed by atoms with Crippen LogP contribution in [0.25, 0.3) is 0 Å². The van der Waals surface area contributed by atoms with E-state index in [1.165, 1.54) is 12.7 Å². The molecule has 2 heterocycles. The van der Waals surface area contributed by atoms with Crippen LogP contribution in [0.15, 0.2) is 30.6 Å². The Kier molecular flexibility index (Phi) is 5.93. The van der Waals surface area contributed by atoms with Crippen molar-refractivity contribution in [2.45, 2.75) is 38.6 Å². The number of ether oxygens (including phenoxy) is 1. The Labute approximate surface area is 158 Å². The number of hydrogen-bond donors (Lipinski definition) is 1. The molecule has 1 aromatic carbocycles. The molecule has 3 rings (SSSR count). The molecule has 0 bridgehead atoms. The topological polar surface area (TPSA) is 67.4 Å². The molecule has 1 fully saturated rings. The lowest BCUT2D eigenvalue weighted by atomic mass is 9.99. The van der Waals surface area contributed by atoms with Gasteiger partial charge in [-0.2, -0.15) is 0 Å². The number of benzene rings is 1. The minimum Gasteiger partial charge on any atom is -0.495 e. The first kappa shape index (κ1) is 18.5. The quantitative estimate of drug-likeness (QED) is 0.845. The Morgan fingerprint density at radius 1 is 1.35 bits per heavy atom. The smallest absolute Gasteiger partial charge is 0.272 e. The van der Waals surface area contributed by atoms with Crippen LogP contribution in [0.1, 0.15) is 43.1 Å². The molecule has 2 aromatic rings. The number of halogens is 1. The van der Waals surface area contributed by atoms with Gasteiger partial charge in [-0.3, -0.25) is 4.79 Å². The monoisotopic (exact) mass is 374 g/mol. The molecule has 6 nitrogen and oxygen atoms in total. The van der Waals surface area contributed by atoms with Crippen molar-refractivity contribution >= 4 is 29.0 Å². The second kappa shape index (κ2) is 8.36. The van der Waals surface area contributed by atoms with Crippen LogP contribution in [0.4, 0.5) is 11.5 Å². The van der Waals surface area contributed by atoms with Gasteiger partial charge in [0.05, 0.1) is 12.1 Å². The van der Waals surface area contributed by atoms with Gasteiger partial charge in [0.25, 0.3) is 5.91 Å². The fraction of sp³-hybridized carbons (Fsp3) is 0.421. The van der Waals surface area contributed by atoms with Gasteiger partial charge in [-0.15, -0.1) is 0 Å². The summed E-state index contributed by atoms with van der Waals surface area (Å²) in [7, 11) is 1.57. The van der Waals surface area contributed by atoms with Crippen LogP contribution < -0.4 is 10.1 Å². The Balaban J connectivity index is 1.77. The third kappa shape index (κ3) is 4.07. The van der Waals surface area contributed by atoms with Gasteiger partial charge in [0.15, 0.2) is 0 Å². The van der Waals surface area contributed by atoms with E-state index in [0.29, 0.717) is 28.3 Å². The van der Waals surface area contributed by atoms with Crippen molar-refractivity contribution in [2.75, 3.05) is 19.0 Å². The van der Waals surface area contributed by atoms with Gasteiger partial charge < -0.3 is 15.0 Å². The molecule has 0 spiro atoms. The maximum Gasteiger partial charge on any atom is 0.272 e. The summed E-state index contributed by atoms with van der Waals surface area (Å²) in [5, 5.41) is 3.66. The lowest BCUT2D eigenvalue weighted by molar-refractivity contribution is 0.0602. The number of aromatic nitrogens is 2. The van der Waals surface area contributed by atoms with Gasteiger partial charge in [-0.05, 0) is 43.9 Å². The molecule has 138 valence electrons. The maximum atomic E-state index is 12.9. The summed E-state index contributed by atoms with van der Waals surface area (Å²) in [6, 6.07) is 7.34. The number of rotatable bonds is 5. The van der Waals surface area contributed by atoms with Gasteiger partial charge in [0.2, 0.25) is 0 Å². The van der Waals surface area contributed by atoms with Gasteiger partial charge in [0.1, 0.15) is 23.6 Å². The van der Waals surface area contributed by atoms with Gasteiger partial charge >= 0.3 is 0 Å². The number of piperidine rings is 1. The zero-order valence-corrected chi connectivity index (χ0v) is 15.8. The largest absolute Gasteiger partial charge is 0.495 e. The molecule has 1 amide bonds. The highest BCUT2D eigenvalue weighted by atomic mass is 35.5. The summed E-state index contributed by atoms with van der Waals surface area (Å²) in [5.74, 6) is 1.12. The average Bonchev–Trinajstić information content (AvgIpc) is 2.68. The van der Waals surface area contributed by atoms with E-state index in [2.05, 4.69) is 22.2 Å². The highest BCUT2D eigenvalue weighted by Gasteiger charge is 2.27. The van der Waals surface area contributed by atoms with Crippen molar-refractivity contribution in [1.29, 1.82) is 0 Å². The molecule has 1 N–H and O–H groups in total. The van der Waals surface area contributed by atoms with Gasteiger partial charge in [-0.1, -0.05) is 18.5 Å². The van der Waals surface area contributed by atoms with Crippen LogP contribution in [0, 0.1) is 0 Å². The van der Waals surface area contributed by atoms with Crippen molar-refractivity contribution in [3.05, 3.63) is 41.3 Å². The first-order chi connectivity index (χ1) is 12.6. The Morgan fingerprint density at radius 3 is 2.92 bits per heavy atom. The molecule has 1 unspecified atom stereocenters. The Morgan fingerprint density at radius 2 is 2.19 bits per heavy atom. The number of carbonyl (C=O) groups excluding carboxylic acids is 1. The first-order valence-electron chi connectivity index (χ1n) is 8.86. The predicted molar refractivity (Wildman–Crippen MR) is 102 cm³/mol. The third-order valence-electron chi connectivity index (χ3n) is 4.67. The van der Waals surface area contributed by atoms with Crippen LogP contribution in [-0.2, 0) is 0 Å². The molecular formula is C19H23ClN4O2. The molecule has 7 heteroatoms. The van der Waals surface area contributed by atoms with Crippen LogP contribution >= 0.6 is 11.6 Å². The minimum atomic E-state index is -0.0326. The SMILES string of the molecule is CCC1CCCCN1C(=O)c1cc(Nc2ccc(OC)c(Cl)c2)ncn1. The Bertz CT molecular complexity index is 784. The zero-order valence-electron chi connectivity index (χ0n) is 15.0. The Hall–Kier alpha value is -2.34. The predicted octanol–water partition coefficient (Wildman–Crippen LogP) is 4.29. The van der Waals surface area contributed by atoms with E-state index < -0.39 is 0 Å². The summed E-state index contributed by atoms with van der Waals surface area (Å²) in [6.45, 7) is 2.91. The number of hydrogen-bond acceptors (Lipinski definition) is 5. The van der Waals surface area contributed by atoms with E-state index in [1.807, 2.05) is 11.0 Å². The minimum absolute atomic E-state index is 0.0326. The molecule has 1 aliphatic rings. The van der Waals surface area contributed by atoms with E-state index in [1.54, 1.807) is 25.3 Å². The lowest BCUT2D eigenvalue weighted by Crippen LogP contribution is -2.43. The van der Waals surface area contributed by atoms with Crippen molar-refractivity contribution < 1.29 is 9.53 Å². The number of carbonyl (C=O) groups is 1. The molecule has 26 heavy (non-hydrogen) atoms. The summed E-state index contributed by atoms with van der Waals surface area (Å²) >= 11 is 6.15. The van der Waals surface area contributed by atoms with Crippen molar-refractivity contribution in [1.82, 2.24) is 14.9 Å². The molecule has 1 saturated heterocycles. The van der Waals surface area contributed by atoms with E-state index in [9.17, 15) is 4.79 Å². The van der Waals surface area contributed by atoms with Crippen molar-refractivity contribution in [3.63, 3.8) is 0 Å². The fourth-order valence-corrected chi connectivity index (χ4v) is 3.53. The summed E-state index contributed by atoms with van der Waals surface area (Å²) in [6.07, 6.45) is 5.65. The van der Waals surface area contributed by atoms with E-state index >= 15 is 0 Å². The van der Waals surface area contributed by atoms with Crippen LogP contribution in [-0.4, -0.2) is 40.5 Å². The summed E-state index contributed by atoms with van der Waals surface area (Å²) in [5.41, 5.74) is 1.17. The highest BCUT2D eigenvalue weighted by molar-refractivity contribution is 6.32. The van der Waals surface area contributed by atoms with Crippen LogP contribution in [0.5, 0.6) is 5.75 Å². The second-order valence-corrected chi connectivity index (χ2v) is 6.73. The van der Waals surface area contributed by atoms with Crippen molar-refractivity contribution in [2.24, 2.45) is 0 Å². The molecular weight excluding hydrogens is 352 g/mol. The van der Waals surface area contributed by atoms with E-state index in [4.69, 9.17) is 16.3 Å². The molecule has 0 radical (unpaired) electrons. The highest BCUT2D eigenvalue weighted by Crippen LogP contribution is 2.28. The standard InChI is InChI=1S/C19H23ClN4O2/c1-3-14-6-4-5-9-24(14)19(25)16-11-18(22-12-21-16)23-13-7-8-17(26-2)15(20)10-13/h7-8,10-12,14H,3-6,9H2,1-2H3,(H,21,22,23). The van der Waals surface area contributed by atoms with Crippen LogP contribution in [0.3, 0.4) is 0 Å². The number of nitrogens with one attached hydrogen (secondary N) is 1. The van der Waals surface area contributed by atoms with Crippen molar-refractivity contribution in [3.8, 4) is 5.75 Å². The number of methoxy groups -OCH3 is 1. The summed E-state index contributed by atoms with van der Waals surface area (Å²) < 4.78 is 5.15. The zero-order chi connectivity index (χ0) is 18.5. The molecule has 0 saturated carbocycles. The summed E-state index contributed by atoms with van der Waals surface area (Å²) in [4.78, 5) is 23.2. The number of amides is 1.